The molecule has 1 N–H and O–H groups in total. The summed E-state index contributed by atoms with van der Waals surface area (Å²) in [5.41, 5.74) is 0.578. The van der Waals surface area contributed by atoms with E-state index >= 15 is 0 Å². The molecule has 4 heteroatoms. The molecule has 0 aromatic carbocycles. The highest BCUT2D eigenvalue weighted by Crippen LogP contribution is 2.14. The van der Waals surface area contributed by atoms with Crippen LogP contribution in [0.25, 0.3) is 5.57 Å². The lowest BCUT2D eigenvalue weighted by atomic mass is 10.1. The van der Waals surface area contributed by atoms with Crippen LogP contribution in [0.1, 0.15) is 12.2 Å². The average Bonchev–Trinajstić information content (AvgIpc) is 2.59. The first-order chi connectivity index (χ1) is 5.88. The van der Waals surface area contributed by atoms with Crippen molar-refractivity contribution in [1.82, 2.24) is 5.32 Å². The van der Waals surface area contributed by atoms with E-state index in [0.29, 0.717) is 17.8 Å². The Labute approximate surface area is 83.2 Å². The van der Waals surface area contributed by atoms with Gasteiger partial charge in [0.2, 0.25) is 0 Å². The van der Waals surface area contributed by atoms with Crippen molar-refractivity contribution in [3.8, 4) is 0 Å². The topological polar surface area (TPSA) is 42.2 Å². The summed E-state index contributed by atoms with van der Waals surface area (Å²) in [4.78, 5) is 10.5. The summed E-state index contributed by atoms with van der Waals surface area (Å²) >= 11 is 0. The molecular weight excluding hydrogens is 190 g/mol. The lowest BCUT2D eigenvalue weighted by Crippen LogP contribution is -2.08. The standard InChI is InChI=1S/C9H11NO2.ClH/c1-10-5-4-8(7-11)9-3-2-6-12-9;/h2-3,6,10H,4-5H2,1H3;1H. The monoisotopic (exact) mass is 201 g/mol. The van der Waals surface area contributed by atoms with Gasteiger partial charge in [-0.3, -0.25) is 0 Å². The molecule has 0 aliphatic heterocycles. The smallest absolute Gasteiger partial charge is 0.140 e. The van der Waals surface area contributed by atoms with E-state index in [1.165, 1.54) is 0 Å². The van der Waals surface area contributed by atoms with Crippen molar-refractivity contribution in [2.24, 2.45) is 0 Å². The molecule has 1 aromatic rings. The molecule has 0 radical (unpaired) electrons. The molecule has 0 unspecified atom stereocenters. The maximum atomic E-state index is 10.5. The van der Waals surface area contributed by atoms with Crippen LogP contribution < -0.4 is 5.32 Å². The highest BCUT2D eigenvalue weighted by molar-refractivity contribution is 5.85. The molecule has 1 aromatic heterocycles. The van der Waals surface area contributed by atoms with E-state index in [1.807, 2.05) is 13.0 Å². The molecule has 0 atom stereocenters. The number of hydrogen-bond donors (Lipinski definition) is 1. The van der Waals surface area contributed by atoms with Crippen molar-refractivity contribution in [2.75, 3.05) is 13.6 Å². The Bertz CT molecular complexity index is 276. The van der Waals surface area contributed by atoms with Crippen LogP contribution in [0, 0.1) is 0 Å². The predicted molar refractivity (Wildman–Crippen MR) is 53.6 cm³/mol. The van der Waals surface area contributed by atoms with Crippen molar-refractivity contribution in [2.45, 2.75) is 6.42 Å². The lowest BCUT2D eigenvalue weighted by molar-refractivity contribution is 0.545. The van der Waals surface area contributed by atoms with Crippen LogP contribution >= 0.6 is 12.4 Å². The Hall–Kier alpha value is -1.02. The van der Waals surface area contributed by atoms with Crippen molar-refractivity contribution in [3.63, 3.8) is 0 Å². The van der Waals surface area contributed by atoms with E-state index < -0.39 is 0 Å². The Morgan fingerprint density at radius 1 is 1.69 bits per heavy atom. The number of carbonyl (C=O) groups excluding carboxylic acids is 1. The van der Waals surface area contributed by atoms with Gasteiger partial charge in [-0.2, -0.15) is 0 Å². The fourth-order valence-electron chi connectivity index (χ4n) is 0.925. The van der Waals surface area contributed by atoms with E-state index in [1.54, 1.807) is 18.4 Å². The van der Waals surface area contributed by atoms with Gasteiger partial charge < -0.3 is 9.73 Å². The quantitative estimate of drug-likeness (QED) is 0.752. The van der Waals surface area contributed by atoms with E-state index in [2.05, 4.69) is 5.32 Å². The van der Waals surface area contributed by atoms with E-state index in [-0.39, 0.29) is 12.4 Å². The van der Waals surface area contributed by atoms with Crippen LogP contribution in [0.15, 0.2) is 22.8 Å². The molecule has 0 aliphatic rings. The highest BCUT2D eigenvalue weighted by atomic mass is 35.5. The maximum absolute atomic E-state index is 10.5. The molecule has 13 heavy (non-hydrogen) atoms. The largest absolute Gasteiger partial charge is 0.464 e. The third kappa shape index (κ3) is 3.47. The number of rotatable bonds is 4. The van der Waals surface area contributed by atoms with Crippen LogP contribution in [0.2, 0.25) is 0 Å². The van der Waals surface area contributed by atoms with Crippen LogP contribution in [0.4, 0.5) is 0 Å². The minimum atomic E-state index is 0. The summed E-state index contributed by atoms with van der Waals surface area (Å²) in [5.74, 6) is 2.48. The van der Waals surface area contributed by atoms with Crippen molar-refractivity contribution < 1.29 is 9.21 Å². The first-order valence-corrected chi connectivity index (χ1v) is 3.81. The summed E-state index contributed by atoms with van der Waals surface area (Å²) in [6, 6.07) is 3.52. The van der Waals surface area contributed by atoms with Gasteiger partial charge in [0.1, 0.15) is 11.7 Å². The van der Waals surface area contributed by atoms with Crippen LogP contribution in [0.3, 0.4) is 0 Å². The molecule has 1 heterocycles. The molecular formula is C9H12ClNO2. The second kappa shape index (κ2) is 6.49. The van der Waals surface area contributed by atoms with Gasteiger partial charge in [0.15, 0.2) is 0 Å². The zero-order valence-electron chi connectivity index (χ0n) is 7.37. The van der Waals surface area contributed by atoms with Gasteiger partial charge in [0.25, 0.3) is 0 Å². The second-order valence-corrected chi connectivity index (χ2v) is 2.41. The molecule has 0 aliphatic carbocycles. The summed E-state index contributed by atoms with van der Waals surface area (Å²) in [6.45, 7) is 0.755. The van der Waals surface area contributed by atoms with Gasteiger partial charge in [-0.25, -0.2) is 4.79 Å². The molecule has 1 rings (SSSR count). The molecule has 0 spiro atoms. The van der Waals surface area contributed by atoms with Gasteiger partial charge >= 0.3 is 0 Å². The number of hydrogen-bond acceptors (Lipinski definition) is 3. The summed E-state index contributed by atoms with van der Waals surface area (Å²) in [5, 5.41) is 2.95. The molecule has 3 nitrogen and oxygen atoms in total. The maximum Gasteiger partial charge on any atom is 0.140 e. The van der Waals surface area contributed by atoms with Gasteiger partial charge in [0, 0.05) is 0 Å². The summed E-state index contributed by atoms with van der Waals surface area (Å²) in [6.07, 6.45) is 2.19. The van der Waals surface area contributed by atoms with Crippen molar-refractivity contribution in [1.29, 1.82) is 0 Å². The third-order valence-corrected chi connectivity index (χ3v) is 1.57. The average molecular weight is 202 g/mol. The van der Waals surface area contributed by atoms with Crippen LogP contribution in [-0.2, 0) is 4.79 Å². The Balaban J connectivity index is 0.00000144. The first kappa shape index (κ1) is 12.0. The van der Waals surface area contributed by atoms with Gasteiger partial charge in [-0.15, -0.1) is 12.4 Å². The number of furan rings is 1. The van der Waals surface area contributed by atoms with Gasteiger partial charge in [0.05, 0.1) is 11.8 Å². The fraction of sp³-hybridized carbons (Fsp3) is 0.333. The van der Waals surface area contributed by atoms with Gasteiger partial charge in [-0.1, -0.05) is 0 Å². The second-order valence-electron chi connectivity index (χ2n) is 2.41. The SMILES string of the molecule is CNCCC(=C=O)c1ccco1.Cl. The Morgan fingerprint density at radius 2 is 2.46 bits per heavy atom. The zero-order chi connectivity index (χ0) is 8.81. The fourth-order valence-corrected chi connectivity index (χ4v) is 0.925. The van der Waals surface area contributed by atoms with E-state index in [9.17, 15) is 4.79 Å². The predicted octanol–water partition coefficient (Wildman–Crippen LogP) is 1.53. The first-order valence-electron chi connectivity index (χ1n) is 3.81. The lowest BCUT2D eigenvalue weighted by Gasteiger charge is -1.97. The molecule has 0 saturated heterocycles. The number of halogens is 1. The Morgan fingerprint density at radius 3 is 2.92 bits per heavy atom. The van der Waals surface area contributed by atoms with Gasteiger partial charge in [-0.05, 0) is 32.1 Å². The zero-order valence-corrected chi connectivity index (χ0v) is 8.19. The normalized spacial score (nSPS) is 8.69. The molecule has 0 fully saturated rings. The number of nitrogens with one attached hydrogen (secondary N) is 1. The summed E-state index contributed by atoms with van der Waals surface area (Å²) < 4.78 is 5.06. The van der Waals surface area contributed by atoms with E-state index in [4.69, 9.17) is 4.42 Å². The van der Waals surface area contributed by atoms with Crippen molar-refractivity contribution in [3.05, 3.63) is 24.2 Å². The minimum absolute atomic E-state index is 0. The molecule has 0 bridgehead atoms. The Kier molecular flexibility index (Phi) is 5.98. The van der Waals surface area contributed by atoms with Crippen molar-refractivity contribution >= 4 is 23.9 Å². The van der Waals surface area contributed by atoms with Crippen LogP contribution in [-0.4, -0.2) is 19.5 Å². The molecule has 0 saturated carbocycles. The molecule has 0 amide bonds. The van der Waals surface area contributed by atoms with E-state index in [0.717, 1.165) is 6.54 Å². The minimum Gasteiger partial charge on any atom is -0.464 e. The third-order valence-electron chi connectivity index (χ3n) is 1.57. The van der Waals surface area contributed by atoms with Crippen LogP contribution in [0.5, 0.6) is 0 Å². The molecule has 72 valence electrons. The highest BCUT2D eigenvalue weighted by Gasteiger charge is 2.03. The summed E-state index contributed by atoms with van der Waals surface area (Å²) in [7, 11) is 1.84.